The number of aliphatic hydroxyl groups is 1. The average Bonchev–Trinajstić information content (AvgIpc) is 3.17. The summed E-state index contributed by atoms with van der Waals surface area (Å²) in [5, 5.41) is 14.0. The zero-order valence-corrected chi connectivity index (χ0v) is 11.5. The normalized spacial score (nSPS) is 18.5. The number of hydrogen-bond acceptors (Lipinski definition) is 5. The van der Waals surface area contributed by atoms with E-state index in [-0.39, 0.29) is 11.6 Å². The molecule has 22 heavy (non-hydrogen) atoms. The van der Waals surface area contributed by atoms with Crippen LogP contribution in [0, 0.1) is 5.82 Å². The topological polar surface area (TPSA) is 98.2 Å². The molecule has 1 unspecified atom stereocenters. The Labute approximate surface area is 123 Å². The quantitative estimate of drug-likeness (QED) is 0.661. The summed E-state index contributed by atoms with van der Waals surface area (Å²) in [4.78, 5) is 18.3. The number of aliphatic hydroxyl groups excluding tert-OH is 1. The van der Waals surface area contributed by atoms with E-state index < -0.39 is 11.9 Å². The molecule has 2 aromatic heterocycles. The molecule has 1 aromatic carbocycles. The summed E-state index contributed by atoms with van der Waals surface area (Å²) < 4.78 is 18.8. The number of fused-ring (bicyclic) bond motifs is 1. The maximum absolute atomic E-state index is 14.3. The number of benzene rings is 1. The number of H-pyrrole nitrogens is 2. The summed E-state index contributed by atoms with van der Waals surface area (Å²) in [7, 11) is 0. The Morgan fingerprint density at radius 3 is 3.00 bits per heavy atom. The van der Waals surface area contributed by atoms with E-state index in [1.807, 2.05) is 4.90 Å². The standard InChI is InChI=1S/C14H13FN4O3/c15-10-4-11-8(3-12(10)19-2-1-7(20)6-19)9(5-16-11)13-17-14(21)22-18-13/h3-5,7,16,20H,1-2,6H2,(H,17,18,21). The van der Waals surface area contributed by atoms with Crippen LogP contribution in [0.25, 0.3) is 22.3 Å². The number of aromatic amines is 2. The number of anilines is 1. The fourth-order valence-electron chi connectivity index (χ4n) is 2.88. The lowest BCUT2D eigenvalue weighted by molar-refractivity contribution is 0.198. The van der Waals surface area contributed by atoms with Crippen molar-refractivity contribution < 1.29 is 14.0 Å². The first kappa shape index (κ1) is 13.1. The lowest BCUT2D eigenvalue weighted by Crippen LogP contribution is -2.22. The van der Waals surface area contributed by atoms with Crippen LogP contribution in [0.1, 0.15) is 6.42 Å². The van der Waals surface area contributed by atoms with Gasteiger partial charge in [0.05, 0.1) is 11.8 Å². The zero-order chi connectivity index (χ0) is 15.3. The van der Waals surface area contributed by atoms with E-state index in [4.69, 9.17) is 0 Å². The summed E-state index contributed by atoms with van der Waals surface area (Å²) in [6, 6.07) is 3.10. The predicted molar refractivity (Wildman–Crippen MR) is 77.2 cm³/mol. The Hall–Kier alpha value is -2.61. The summed E-state index contributed by atoms with van der Waals surface area (Å²) in [6.45, 7) is 1.01. The van der Waals surface area contributed by atoms with Crippen molar-refractivity contribution in [2.24, 2.45) is 0 Å². The van der Waals surface area contributed by atoms with Crippen LogP contribution in [-0.2, 0) is 0 Å². The molecule has 0 aliphatic carbocycles. The summed E-state index contributed by atoms with van der Waals surface area (Å²) in [5.74, 6) is -0.715. The van der Waals surface area contributed by atoms with Crippen LogP contribution < -0.4 is 10.7 Å². The van der Waals surface area contributed by atoms with Gasteiger partial charge in [0.25, 0.3) is 0 Å². The molecule has 0 spiro atoms. The molecule has 7 nitrogen and oxygen atoms in total. The molecular formula is C14H13FN4O3. The number of β-amino-alcohol motifs (C(OH)–C–C–N with tert-alkyl or cyclic N) is 1. The first-order valence-electron chi connectivity index (χ1n) is 6.92. The number of nitrogens with one attached hydrogen (secondary N) is 2. The van der Waals surface area contributed by atoms with E-state index >= 15 is 0 Å². The van der Waals surface area contributed by atoms with Gasteiger partial charge in [0.15, 0.2) is 5.82 Å². The van der Waals surface area contributed by atoms with Crippen molar-refractivity contribution in [3.63, 3.8) is 0 Å². The molecule has 3 N–H and O–H groups in total. The van der Waals surface area contributed by atoms with Crippen LogP contribution in [0.3, 0.4) is 0 Å². The van der Waals surface area contributed by atoms with Crippen LogP contribution in [0.4, 0.5) is 10.1 Å². The van der Waals surface area contributed by atoms with Crippen molar-refractivity contribution in [2.45, 2.75) is 12.5 Å². The number of aromatic nitrogens is 3. The molecule has 3 aromatic rings. The zero-order valence-electron chi connectivity index (χ0n) is 11.5. The van der Waals surface area contributed by atoms with Crippen molar-refractivity contribution in [3.05, 3.63) is 34.7 Å². The van der Waals surface area contributed by atoms with E-state index in [0.717, 1.165) is 5.39 Å². The number of rotatable bonds is 2. The first-order chi connectivity index (χ1) is 10.6. The summed E-state index contributed by atoms with van der Waals surface area (Å²) in [5.41, 5.74) is 1.65. The molecule has 0 radical (unpaired) electrons. The largest absolute Gasteiger partial charge is 0.439 e. The SMILES string of the molecule is O=c1[nH]c(-c2c[nH]c3cc(F)c(N4CCC(O)C4)cc23)no1. The molecule has 0 saturated carbocycles. The van der Waals surface area contributed by atoms with Gasteiger partial charge >= 0.3 is 5.76 Å². The maximum Gasteiger partial charge on any atom is 0.439 e. The lowest BCUT2D eigenvalue weighted by atomic mass is 10.1. The van der Waals surface area contributed by atoms with Crippen molar-refractivity contribution in [1.29, 1.82) is 0 Å². The molecule has 1 fully saturated rings. The second-order valence-electron chi connectivity index (χ2n) is 5.38. The third-order valence-electron chi connectivity index (χ3n) is 3.95. The van der Waals surface area contributed by atoms with Crippen molar-refractivity contribution >= 4 is 16.6 Å². The van der Waals surface area contributed by atoms with Gasteiger partial charge in [-0.1, -0.05) is 5.16 Å². The third kappa shape index (κ3) is 2.00. The minimum atomic E-state index is -0.644. The highest BCUT2D eigenvalue weighted by Gasteiger charge is 2.24. The Balaban J connectivity index is 1.86. The fourth-order valence-corrected chi connectivity index (χ4v) is 2.88. The maximum atomic E-state index is 14.3. The van der Waals surface area contributed by atoms with Gasteiger partial charge in [0.2, 0.25) is 0 Å². The molecular weight excluding hydrogens is 291 g/mol. The first-order valence-corrected chi connectivity index (χ1v) is 6.92. The van der Waals surface area contributed by atoms with Gasteiger partial charge in [-0.3, -0.25) is 9.51 Å². The summed E-state index contributed by atoms with van der Waals surface area (Å²) in [6.07, 6.45) is 1.82. The van der Waals surface area contributed by atoms with E-state index in [1.54, 1.807) is 12.3 Å². The summed E-state index contributed by atoms with van der Waals surface area (Å²) >= 11 is 0. The molecule has 1 saturated heterocycles. The van der Waals surface area contributed by atoms with Gasteiger partial charge in [-0.25, -0.2) is 9.18 Å². The Morgan fingerprint density at radius 1 is 1.45 bits per heavy atom. The predicted octanol–water partition coefficient (Wildman–Crippen LogP) is 1.22. The Bertz CT molecular complexity index is 897. The fraction of sp³-hybridized carbons (Fsp3) is 0.286. The van der Waals surface area contributed by atoms with Crippen LogP contribution >= 0.6 is 0 Å². The molecule has 3 heterocycles. The van der Waals surface area contributed by atoms with Crippen LogP contribution in [0.5, 0.6) is 0 Å². The molecule has 114 valence electrons. The van der Waals surface area contributed by atoms with E-state index in [9.17, 15) is 14.3 Å². The third-order valence-corrected chi connectivity index (χ3v) is 3.95. The second kappa shape index (κ2) is 4.70. The van der Waals surface area contributed by atoms with Gasteiger partial charge in [-0.05, 0) is 12.5 Å². The van der Waals surface area contributed by atoms with E-state index in [0.29, 0.717) is 36.3 Å². The lowest BCUT2D eigenvalue weighted by Gasteiger charge is -2.18. The van der Waals surface area contributed by atoms with Gasteiger partial charge in [0, 0.05) is 41.8 Å². The van der Waals surface area contributed by atoms with Crippen LogP contribution in [0.15, 0.2) is 27.6 Å². The molecule has 0 bridgehead atoms. The highest BCUT2D eigenvalue weighted by Crippen LogP contribution is 2.33. The van der Waals surface area contributed by atoms with Crippen molar-refractivity contribution in [3.8, 4) is 11.4 Å². The number of halogens is 1. The molecule has 8 heteroatoms. The minimum absolute atomic E-state index is 0.287. The van der Waals surface area contributed by atoms with E-state index in [2.05, 4.69) is 19.6 Å². The smallest absolute Gasteiger partial charge is 0.391 e. The van der Waals surface area contributed by atoms with Crippen molar-refractivity contribution in [1.82, 2.24) is 15.1 Å². The number of hydrogen-bond donors (Lipinski definition) is 3. The van der Waals surface area contributed by atoms with Gasteiger partial charge in [-0.2, -0.15) is 0 Å². The van der Waals surface area contributed by atoms with Gasteiger partial charge in [0.1, 0.15) is 5.82 Å². The molecule has 1 aliphatic rings. The average molecular weight is 304 g/mol. The molecule has 1 aliphatic heterocycles. The highest BCUT2D eigenvalue weighted by molar-refractivity contribution is 5.96. The molecule has 0 amide bonds. The Morgan fingerprint density at radius 2 is 2.32 bits per heavy atom. The van der Waals surface area contributed by atoms with E-state index in [1.165, 1.54) is 6.07 Å². The Kier molecular flexibility index (Phi) is 2.80. The van der Waals surface area contributed by atoms with Crippen LogP contribution in [-0.4, -0.2) is 39.4 Å². The number of nitrogens with zero attached hydrogens (tertiary/aromatic N) is 2. The van der Waals surface area contributed by atoms with Crippen LogP contribution in [0.2, 0.25) is 0 Å². The highest BCUT2D eigenvalue weighted by atomic mass is 19.1. The monoisotopic (exact) mass is 304 g/mol. The molecule has 1 atom stereocenters. The van der Waals surface area contributed by atoms with Crippen molar-refractivity contribution in [2.75, 3.05) is 18.0 Å². The minimum Gasteiger partial charge on any atom is -0.391 e. The molecule has 4 rings (SSSR count). The van der Waals surface area contributed by atoms with Gasteiger partial charge in [-0.15, -0.1) is 0 Å². The van der Waals surface area contributed by atoms with Gasteiger partial charge < -0.3 is 15.0 Å². The second-order valence-corrected chi connectivity index (χ2v) is 5.38.